The zero-order chi connectivity index (χ0) is 6.97. The Morgan fingerprint density at radius 1 is 1.40 bits per heavy atom. The van der Waals surface area contributed by atoms with Gasteiger partial charge in [0.25, 0.3) is 0 Å². The van der Waals surface area contributed by atoms with Crippen molar-refractivity contribution in [3.63, 3.8) is 0 Å². The molecule has 2 aliphatic rings. The first kappa shape index (κ1) is 6.62. The van der Waals surface area contributed by atoms with Crippen LogP contribution in [-0.4, -0.2) is 24.4 Å². The molecule has 1 heterocycles. The average Bonchev–Trinajstić information content (AvgIpc) is 2.48. The van der Waals surface area contributed by atoms with Crippen LogP contribution < -0.4 is 0 Å². The molecule has 0 aromatic rings. The lowest BCUT2D eigenvalue weighted by Crippen LogP contribution is -2.20. The van der Waals surface area contributed by atoms with Gasteiger partial charge in [0.2, 0.25) is 0 Å². The normalized spacial score (nSPS) is 44.7. The van der Waals surface area contributed by atoms with Crippen molar-refractivity contribution in [2.24, 2.45) is 11.8 Å². The van der Waals surface area contributed by atoms with Gasteiger partial charge in [0.05, 0.1) is 6.10 Å². The number of ether oxygens (including phenoxy) is 1. The van der Waals surface area contributed by atoms with E-state index < -0.39 is 0 Å². The molecule has 0 aromatic heterocycles. The molecule has 2 heteroatoms. The maximum absolute atomic E-state index is 8.70. The summed E-state index contributed by atoms with van der Waals surface area (Å²) in [4.78, 5) is 0. The van der Waals surface area contributed by atoms with Gasteiger partial charge in [0.1, 0.15) is 0 Å². The van der Waals surface area contributed by atoms with Crippen LogP contribution in [0.2, 0.25) is 0 Å². The second-order valence-electron chi connectivity index (χ2n) is 3.48. The van der Waals surface area contributed by atoms with E-state index in [0.717, 1.165) is 18.9 Å². The van der Waals surface area contributed by atoms with Gasteiger partial charge in [-0.3, -0.25) is 0 Å². The van der Waals surface area contributed by atoms with Crippen molar-refractivity contribution < 1.29 is 9.84 Å². The van der Waals surface area contributed by atoms with E-state index in [0.29, 0.717) is 18.6 Å². The Kier molecular flexibility index (Phi) is 1.66. The van der Waals surface area contributed by atoms with E-state index in [2.05, 4.69) is 0 Å². The van der Waals surface area contributed by atoms with Gasteiger partial charge < -0.3 is 9.84 Å². The Balaban J connectivity index is 1.90. The Morgan fingerprint density at radius 3 is 2.80 bits per heavy atom. The van der Waals surface area contributed by atoms with Crippen molar-refractivity contribution in [3.05, 3.63) is 0 Å². The molecule has 3 unspecified atom stereocenters. The standard InChI is InChI=1S/C8H14O2/c9-2-1-7-3-6-4-8(7)10-5-6/h6-9H,1-5H2. The highest BCUT2D eigenvalue weighted by atomic mass is 16.5. The highest BCUT2D eigenvalue weighted by Gasteiger charge is 2.39. The smallest absolute Gasteiger partial charge is 0.0607 e. The second kappa shape index (κ2) is 2.51. The van der Waals surface area contributed by atoms with Gasteiger partial charge in [-0.2, -0.15) is 0 Å². The van der Waals surface area contributed by atoms with E-state index in [-0.39, 0.29) is 0 Å². The van der Waals surface area contributed by atoms with Crippen LogP contribution in [0.25, 0.3) is 0 Å². The number of aliphatic hydroxyl groups excluding tert-OH is 1. The van der Waals surface area contributed by atoms with Crippen molar-refractivity contribution in [2.45, 2.75) is 25.4 Å². The molecule has 1 N–H and O–H groups in total. The maximum Gasteiger partial charge on any atom is 0.0607 e. The van der Waals surface area contributed by atoms with Gasteiger partial charge in [-0.1, -0.05) is 0 Å². The van der Waals surface area contributed by atoms with E-state index in [9.17, 15) is 0 Å². The maximum atomic E-state index is 8.70. The Labute approximate surface area is 61.2 Å². The average molecular weight is 142 g/mol. The van der Waals surface area contributed by atoms with Gasteiger partial charge in [-0.05, 0) is 31.1 Å². The number of hydrogen-bond acceptors (Lipinski definition) is 2. The zero-order valence-corrected chi connectivity index (χ0v) is 6.12. The summed E-state index contributed by atoms with van der Waals surface area (Å²) in [5, 5.41) is 8.70. The molecule has 58 valence electrons. The van der Waals surface area contributed by atoms with Gasteiger partial charge in [0, 0.05) is 13.2 Å². The molecule has 2 bridgehead atoms. The van der Waals surface area contributed by atoms with Gasteiger partial charge in [-0.15, -0.1) is 0 Å². The molecule has 1 saturated carbocycles. The summed E-state index contributed by atoms with van der Waals surface area (Å²) < 4.78 is 5.51. The van der Waals surface area contributed by atoms with Crippen molar-refractivity contribution in [2.75, 3.05) is 13.2 Å². The lowest BCUT2D eigenvalue weighted by Gasteiger charge is -2.20. The predicted octanol–water partition coefficient (Wildman–Crippen LogP) is 0.794. The summed E-state index contributed by atoms with van der Waals surface area (Å²) in [7, 11) is 0. The van der Waals surface area contributed by atoms with Gasteiger partial charge >= 0.3 is 0 Å². The van der Waals surface area contributed by atoms with E-state index >= 15 is 0 Å². The summed E-state index contributed by atoms with van der Waals surface area (Å²) in [6, 6.07) is 0. The molecule has 2 rings (SSSR count). The van der Waals surface area contributed by atoms with E-state index in [1.54, 1.807) is 0 Å². The third-order valence-electron chi connectivity index (χ3n) is 2.77. The summed E-state index contributed by atoms with van der Waals surface area (Å²) in [6.07, 6.45) is 3.99. The minimum Gasteiger partial charge on any atom is -0.396 e. The third-order valence-corrected chi connectivity index (χ3v) is 2.77. The molecule has 10 heavy (non-hydrogen) atoms. The first-order valence-corrected chi connectivity index (χ1v) is 4.12. The molecule has 0 amide bonds. The van der Waals surface area contributed by atoms with Crippen molar-refractivity contribution >= 4 is 0 Å². The third kappa shape index (κ3) is 0.956. The fraction of sp³-hybridized carbons (Fsp3) is 1.00. The number of rotatable bonds is 2. The number of hydrogen-bond donors (Lipinski definition) is 1. The second-order valence-corrected chi connectivity index (χ2v) is 3.48. The zero-order valence-electron chi connectivity index (χ0n) is 6.12. The fourth-order valence-corrected chi connectivity index (χ4v) is 2.27. The monoisotopic (exact) mass is 142 g/mol. The predicted molar refractivity (Wildman–Crippen MR) is 37.7 cm³/mol. The SMILES string of the molecule is OCCC1CC2COC1C2. The summed E-state index contributed by atoms with van der Waals surface area (Å²) in [6.45, 7) is 1.31. The van der Waals surface area contributed by atoms with Gasteiger partial charge in [0.15, 0.2) is 0 Å². The lowest BCUT2D eigenvalue weighted by atomic mass is 9.99. The quantitative estimate of drug-likeness (QED) is 0.617. The molecule has 1 aliphatic carbocycles. The minimum atomic E-state index is 0.331. The molecule has 2 nitrogen and oxygen atoms in total. The Morgan fingerprint density at radius 2 is 2.30 bits per heavy atom. The van der Waals surface area contributed by atoms with Crippen molar-refractivity contribution in [1.82, 2.24) is 0 Å². The molecule has 1 saturated heterocycles. The topological polar surface area (TPSA) is 29.5 Å². The first-order valence-electron chi connectivity index (χ1n) is 4.12. The number of fused-ring (bicyclic) bond motifs is 2. The lowest BCUT2D eigenvalue weighted by molar-refractivity contribution is 0.0250. The molecular formula is C8H14O2. The van der Waals surface area contributed by atoms with E-state index in [1.165, 1.54) is 12.8 Å². The van der Waals surface area contributed by atoms with Crippen LogP contribution in [0, 0.1) is 11.8 Å². The number of aliphatic hydroxyl groups is 1. The highest BCUT2D eigenvalue weighted by molar-refractivity contribution is 4.88. The van der Waals surface area contributed by atoms with Crippen LogP contribution in [0.15, 0.2) is 0 Å². The summed E-state index contributed by atoms with van der Waals surface area (Å²) in [5.74, 6) is 1.49. The summed E-state index contributed by atoms with van der Waals surface area (Å²) in [5.41, 5.74) is 0. The Bertz CT molecular complexity index is 124. The molecule has 2 fully saturated rings. The molecule has 3 atom stereocenters. The van der Waals surface area contributed by atoms with Gasteiger partial charge in [-0.25, -0.2) is 0 Å². The summed E-state index contributed by atoms with van der Waals surface area (Å²) >= 11 is 0. The fourth-order valence-electron chi connectivity index (χ4n) is 2.27. The van der Waals surface area contributed by atoms with Crippen LogP contribution >= 0.6 is 0 Å². The molecule has 1 aliphatic heterocycles. The van der Waals surface area contributed by atoms with Crippen LogP contribution in [0.4, 0.5) is 0 Å². The van der Waals surface area contributed by atoms with Crippen LogP contribution in [-0.2, 0) is 4.74 Å². The van der Waals surface area contributed by atoms with Crippen molar-refractivity contribution in [3.8, 4) is 0 Å². The molecule has 0 radical (unpaired) electrons. The van der Waals surface area contributed by atoms with Crippen LogP contribution in [0.3, 0.4) is 0 Å². The van der Waals surface area contributed by atoms with Crippen LogP contribution in [0.5, 0.6) is 0 Å². The molecule has 0 aromatic carbocycles. The minimum absolute atomic E-state index is 0.331. The molecular weight excluding hydrogens is 128 g/mol. The highest BCUT2D eigenvalue weighted by Crippen LogP contribution is 2.40. The Hall–Kier alpha value is -0.0800. The van der Waals surface area contributed by atoms with Crippen molar-refractivity contribution in [1.29, 1.82) is 0 Å². The van der Waals surface area contributed by atoms with E-state index in [4.69, 9.17) is 9.84 Å². The first-order chi connectivity index (χ1) is 4.90. The van der Waals surface area contributed by atoms with E-state index in [1.807, 2.05) is 0 Å². The molecule has 0 spiro atoms. The largest absolute Gasteiger partial charge is 0.396 e. The van der Waals surface area contributed by atoms with Crippen LogP contribution in [0.1, 0.15) is 19.3 Å².